The molecule has 1 amide bonds. The quantitative estimate of drug-likeness (QED) is 0.881. The van der Waals surface area contributed by atoms with Crippen LogP contribution in [-0.4, -0.2) is 35.1 Å². The van der Waals surface area contributed by atoms with Crippen LogP contribution in [0.1, 0.15) is 21.1 Å². The molecule has 9 heteroatoms. The van der Waals surface area contributed by atoms with Gasteiger partial charge in [-0.25, -0.2) is 4.98 Å². The lowest BCUT2D eigenvalue weighted by molar-refractivity contribution is -0.137. The number of amides is 1. The molecule has 0 spiro atoms. The number of benzene rings is 1. The lowest BCUT2D eigenvalue weighted by atomic mass is 10.1. The summed E-state index contributed by atoms with van der Waals surface area (Å²) < 4.78 is 37.6. The Balaban J connectivity index is 1.53. The molecule has 1 aromatic carbocycles. The van der Waals surface area contributed by atoms with Gasteiger partial charge in [0, 0.05) is 24.2 Å². The second-order valence-electron chi connectivity index (χ2n) is 5.40. The monoisotopic (exact) mass is 357 g/mol. The summed E-state index contributed by atoms with van der Waals surface area (Å²) in [5, 5.41) is 13.8. The van der Waals surface area contributed by atoms with Gasteiger partial charge in [0.15, 0.2) is 0 Å². The zero-order valence-electron chi connectivity index (χ0n) is 12.4. The first kappa shape index (κ1) is 16.7. The fraction of sp³-hybridized carbons (Fsp3) is 0.333. The number of rotatable bonds is 4. The molecule has 24 heavy (non-hydrogen) atoms. The summed E-state index contributed by atoms with van der Waals surface area (Å²) in [6.07, 6.45) is -4.34. The van der Waals surface area contributed by atoms with Gasteiger partial charge in [-0.1, -0.05) is 0 Å². The molecule has 0 unspecified atom stereocenters. The molecule has 2 heterocycles. The minimum absolute atomic E-state index is 0.0842. The number of alkyl halides is 3. The van der Waals surface area contributed by atoms with Crippen molar-refractivity contribution >= 4 is 22.9 Å². The second kappa shape index (κ2) is 6.40. The Hall–Kier alpha value is -2.13. The number of anilines is 1. The third kappa shape index (κ3) is 3.51. The molecule has 0 radical (unpaired) electrons. The van der Waals surface area contributed by atoms with Crippen LogP contribution in [0.5, 0.6) is 0 Å². The zero-order chi connectivity index (χ0) is 17.3. The van der Waals surface area contributed by atoms with Crippen LogP contribution >= 0.6 is 11.3 Å². The molecular weight excluding hydrogens is 343 g/mol. The van der Waals surface area contributed by atoms with Crippen molar-refractivity contribution in [2.75, 3.05) is 18.0 Å². The van der Waals surface area contributed by atoms with E-state index < -0.39 is 11.7 Å². The lowest BCUT2D eigenvalue weighted by Gasteiger charge is -2.41. The molecular formula is C15H14F3N3O2S. The van der Waals surface area contributed by atoms with Crippen LogP contribution in [0.15, 0.2) is 29.6 Å². The van der Waals surface area contributed by atoms with E-state index in [9.17, 15) is 18.0 Å². The first-order chi connectivity index (χ1) is 11.4. The van der Waals surface area contributed by atoms with E-state index in [2.05, 4.69) is 10.3 Å². The van der Waals surface area contributed by atoms with Gasteiger partial charge in [0.05, 0.1) is 18.2 Å². The third-order valence-electron chi connectivity index (χ3n) is 3.70. The second-order valence-corrected chi connectivity index (χ2v) is 6.35. The van der Waals surface area contributed by atoms with Gasteiger partial charge in [0.1, 0.15) is 10.7 Å². The molecule has 2 aromatic rings. The lowest BCUT2D eigenvalue weighted by Crippen LogP contribution is -2.59. The number of carbonyl (C=O) groups is 1. The maximum atomic E-state index is 12.5. The van der Waals surface area contributed by atoms with E-state index in [1.165, 1.54) is 23.5 Å². The number of carbonyl (C=O) groups excluding carboxylic acids is 1. The smallest absolute Gasteiger partial charge is 0.389 e. The van der Waals surface area contributed by atoms with Gasteiger partial charge in [-0.05, 0) is 24.3 Å². The molecule has 2 N–H and O–H groups in total. The fourth-order valence-electron chi connectivity index (χ4n) is 2.39. The Morgan fingerprint density at radius 1 is 1.33 bits per heavy atom. The predicted molar refractivity (Wildman–Crippen MR) is 82.9 cm³/mol. The molecule has 1 aliphatic heterocycles. The summed E-state index contributed by atoms with van der Waals surface area (Å²) in [4.78, 5) is 17.8. The Morgan fingerprint density at radius 3 is 2.54 bits per heavy atom. The molecule has 3 rings (SSSR count). The Kier molecular flexibility index (Phi) is 4.46. The molecule has 5 nitrogen and oxygen atoms in total. The van der Waals surface area contributed by atoms with Gasteiger partial charge in [-0.15, -0.1) is 11.3 Å². The Bertz CT molecular complexity index is 724. The van der Waals surface area contributed by atoms with Crippen LogP contribution < -0.4 is 10.2 Å². The number of aliphatic hydroxyl groups excluding tert-OH is 1. The van der Waals surface area contributed by atoms with Crippen molar-refractivity contribution in [3.63, 3.8) is 0 Å². The van der Waals surface area contributed by atoms with Crippen molar-refractivity contribution in [1.82, 2.24) is 10.3 Å². The Labute approximate surface area is 139 Å². The number of aliphatic hydroxyl groups is 1. The van der Waals surface area contributed by atoms with E-state index in [1.807, 2.05) is 4.90 Å². The van der Waals surface area contributed by atoms with E-state index >= 15 is 0 Å². The fourth-order valence-corrected chi connectivity index (χ4v) is 3.02. The number of thiazole rings is 1. The minimum atomic E-state index is -4.34. The van der Waals surface area contributed by atoms with Crippen molar-refractivity contribution < 1.29 is 23.1 Å². The normalized spacial score (nSPS) is 15.2. The highest BCUT2D eigenvalue weighted by atomic mass is 32.1. The maximum absolute atomic E-state index is 12.5. The van der Waals surface area contributed by atoms with Gasteiger partial charge in [-0.2, -0.15) is 13.2 Å². The van der Waals surface area contributed by atoms with Crippen LogP contribution in [0.4, 0.5) is 18.9 Å². The largest absolute Gasteiger partial charge is 0.416 e. The minimum Gasteiger partial charge on any atom is -0.389 e. The molecule has 0 aliphatic carbocycles. The van der Waals surface area contributed by atoms with E-state index in [0.717, 1.165) is 12.1 Å². The van der Waals surface area contributed by atoms with Gasteiger partial charge in [0.2, 0.25) is 0 Å². The first-order valence-corrected chi connectivity index (χ1v) is 8.03. The van der Waals surface area contributed by atoms with Gasteiger partial charge >= 0.3 is 6.18 Å². The molecule has 1 aliphatic rings. The SMILES string of the molecule is O=C(NC1CN(c2ccc(C(F)(F)F)cc2)C1)c1csc(CO)n1. The van der Waals surface area contributed by atoms with Gasteiger partial charge < -0.3 is 15.3 Å². The summed E-state index contributed by atoms with van der Waals surface area (Å²) in [6, 6.07) is 4.86. The van der Waals surface area contributed by atoms with E-state index in [-0.39, 0.29) is 24.2 Å². The van der Waals surface area contributed by atoms with Crippen LogP contribution in [0.25, 0.3) is 0 Å². The summed E-state index contributed by atoms with van der Waals surface area (Å²) in [5.41, 5.74) is 0.265. The molecule has 1 saturated heterocycles. The maximum Gasteiger partial charge on any atom is 0.416 e. The van der Waals surface area contributed by atoms with Gasteiger partial charge in [-0.3, -0.25) is 4.79 Å². The van der Waals surface area contributed by atoms with Crippen LogP contribution in [0.2, 0.25) is 0 Å². The topological polar surface area (TPSA) is 65.5 Å². The summed E-state index contributed by atoms with van der Waals surface area (Å²) in [6.45, 7) is 0.839. The van der Waals surface area contributed by atoms with Crippen LogP contribution in [0.3, 0.4) is 0 Å². The van der Waals surface area contributed by atoms with Gasteiger partial charge in [0.25, 0.3) is 5.91 Å². The highest BCUT2D eigenvalue weighted by Gasteiger charge is 2.32. The summed E-state index contributed by atoms with van der Waals surface area (Å²) in [5.74, 6) is -0.317. The van der Waals surface area contributed by atoms with Crippen LogP contribution in [0, 0.1) is 0 Å². The van der Waals surface area contributed by atoms with Crippen molar-refractivity contribution in [1.29, 1.82) is 0 Å². The standard InChI is InChI=1S/C15H14F3N3O2S/c16-15(17,18)9-1-3-11(4-2-9)21-5-10(6-21)19-14(23)12-8-24-13(7-22)20-12/h1-4,8,10,22H,5-7H2,(H,19,23). The van der Waals surface area contributed by atoms with Crippen molar-refractivity contribution in [3.8, 4) is 0 Å². The molecule has 0 saturated carbocycles. The molecule has 0 atom stereocenters. The summed E-state index contributed by atoms with van der Waals surface area (Å²) in [7, 11) is 0. The molecule has 1 aromatic heterocycles. The number of hydrogen-bond donors (Lipinski definition) is 2. The average Bonchev–Trinajstić information content (AvgIpc) is 2.98. The average molecular weight is 357 g/mol. The van der Waals surface area contributed by atoms with E-state index in [1.54, 1.807) is 5.38 Å². The predicted octanol–water partition coefficient (Wildman–Crippen LogP) is 2.27. The van der Waals surface area contributed by atoms with Crippen molar-refractivity contribution in [2.24, 2.45) is 0 Å². The molecule has 1 fully saturated rings. The highest BCUT2D eigenvalue weighted by Crippen LogP contribution is 2.31. The zero-order valence-corrected chi connectivity index (χ0v) is 13.2. The van der Waals surface area contributed by atoms with E-state index in [0.29, 0.717) is 23.8 Å². The van der Waals surface area contributed by atoms with E-state index in [4.69, 9.17) is 5.11 Å². The highest BCUT2D eigenvalue weighted by molar-refractivity contribution is 7.09. The molecule has 128 valence electrons. The van der Waals surface area contributed by atoms with Crippen LogP contribution in [-0.2, 0) is 12.8 Å². The first-order valence-electron chi connectivity index (χ1n) is 7.15. The number of halogens is 3. The number of aromatic nitrogens is 1. The van der Waals surface area contributed by atoms with Crippen molar-refractivity contribution in [2.45, 2.75) is 18.8 Å². The number of nitrogens with one attached hydrogen (secondary N) is 1. The third-order valence-corrected chi connectivity index (χ3v) is 4.53. The number of hydrogen-bond acceptors (Lipinski definition) is 5. The Morgan fingerprint density at radius 2 is 2.00 bits per heavy atom. The number of nitrogens with zero attached hydrogens (tertiary/aromatic N) is 2. The van der Waals surface area contributed by atoms with Crippen molar-refractivity contribution in [3.05, 3.63) is 45.9 Å². The summed E-state index contributed by atoms with van der Waals surface area (Å²) >= 11 is 1.21. The molecule has 0 bridgehead atoms.